The summed E-state index contributed by atoms with van der Waals surface area (Å²) in [5.41, 5.74) is 6.32. The van der Waals surface area contributed by atoms with Crippen molar-refractivity contribution in [1.29, 1.82) is 0 Å². The molecule has 1 aliphatic carbocycles. The van der Waals surface area contributed by atoms with Crippen molar-refractivity contribution in [3.63, 3.8) is 0 Å². The summed E-state index contributed by atoms with van der Waals surface area (Å²) < 4.78 is 18.9. The van der Waals surface area contributed by atoms with Gasteiger partial charge in [0.15, 0.2) is 0 Å². The Balaban J connectivity index is 1.07. The summed E-state index contributed by atoms with van der Waals surface area (Å²) in [6.07, 6.45) is 3.86. The second-order valence-corrected chi connectivity index (χ2v) is 15.5. The number of fused-ring (bicyclic) bond motifs is 4. The lowest BCUT2D eigenvalue weighted by molar-refractivity contribution is -0.138. The van der Waals surface area contributed by atoms with Crippen molar-refractivity contribution < 1.29 is 43.3 Å². The van der Waals surface area contributed by atoms with E-state index in [0.717, 1.165) is 64.4 Å². The van der Waals surface area contributed by atoms with Crippen LogP contribution in [0, 0.1) is 0 Å². The highest BCUT2D eigenvalue weighted by Crippen LogP contribution is 2.44. The molecule has 0 saturated carbocycles. The molecule has 332 valence electrons. The van der Waals surface area contributed by atoms with E-state index in [0.29, 0.717) is 32.7 Å². The molecule has 16 heteroatoms. The molecule has 1 heterocycles. The third kappa shape index (κ3) is 13.9. The molecular weight excluding hydrogens is 791 g/mol. The number of unbranched alkanes of at least 4 members (excludes halogenated alkanes) is 2. The average Bonchev–Trinajstić information content (AvgIpc) is 3.79. The van der Waals surface area contributed by atoms with Crippen LogP contribution in [0.25, 0.3) is 22.0 Å². The molecule has 5 rings (SSSR count). The number of aryl methyl sites for hydroxylation is 1. The Morgan fingerprint density at radius 3 is 2.10 bits per heavy atom. The van der Waals surface area contributed by atoms with Gasteiger partial charge in [0.25, 0.3) is 0 Å². The summed E-state index contributed by atoms with van der Waals surface area (Å²) in [4.78, 5) is 63.1. The van der Waals surface area contributed by atoms with E-state index in [-0.39, 0.29) is 64.0 Å². The fourth-order valence-electron chi connectivity index (χ4n) is 7.60. The van der Waals surface area contributed by atoms with Crippen LogP contribution in [0.1, 0.15) is 67.7 Å². The Labute approximate surface area is 364 Å². The van der Waals surface area contributed by atoms with E-state index in [1.165, 1.54) is 5.01 Å². The number of aliphatic carboxylic acids is 1. The Morgan fingerprint density at radius 2 is 1.42 bits per heavy atom. The van der Waals surface area contributed by atoms with Gasteiger partial charge in [-0.2, -0.15) is 0 Å². The summed E-state index contributed by atoms with van der Waals surface area (Å²) in [6, 6.07) is 25.1. The number of ether oxygens (including phenoxy) is 3. The molecule has 0 fully saturated rings. The van der Waals surface area contributed by atoms with E-state index in [9.17, 15) is 29.1 Å². The van der Waals surface area contributed by atoms with Crippen molar-refractivity contribution in [3.05, 3.63) is 95.7 Å². The van der Waals surface area contributed by atoms with Crippen LogP contribution in [0.4, 0.5) is 4.79 Å². The van der Waals surface area contributed by atoms with Gasteiger partial charge in [-0.3, -0.25) is 19.2 Å². The number of nitrogens with one attached hydrogen (secondary N) is 3. The third-order valence-electron chi connectivity index (χ3n) is 11.0. The van der Waals surface area contributed by atoms with Crippen molar-refractivity contribution >= 4 is 48.5 Å². The number of hydrogen-bond donors (Lipinski definition) is 4. The van der Waals surface area contributed by atoms with Crippen LogP contribution in [0.5, 0.6) is 0 Å². The maximum absolute atomic E-state index is 13.4. The number of carbonyl (C=O) groups excluding carboxylic acids is 4. The molecule has 4 N–H and O–H groups in total. The Hall–Kier alpha value is -5.71. The summed E-state index contributed by atoms with van der Waals surface area (Å²) in [6.45, 7) is 2.54. The molecule has 0 aliphatic heterocycles. The Bertz CT molecular complexity index is 2070. The van der Waals surface area contributed by atoms with Gasteiger partial charge in [-0.15, -0.1) is 0 Å². The number of rotatable bonds is 27. The van der Waals surface area contributed by atoms with Crippen LogP contribution < -0.4 is 16.0 Å². The number of carboxylic acid groups (broad SMARTS) is 1. The summed E-state index contributed by atoms with van der Waals surface area (Å²) in [5.74, 6) is -2.04. The fraction of sp³-hybridized carbons (Fsp3) is 0.457. The summed E-state index contributed by atoms with van der Waals surface area (Å²) in [7, 11) is 5.58. The molecule has 0 bridgehead atoms. The maximum atomic E-state index is 13.4. The quantitative estimate of drug-likeness (QED) is 0.0380. The molecular formula is C46H61BN6O9. The fourth-order valence-corrected chi connectivity index (χ4v) is 7.60. The zero-order valence-corrected chi connectivity index (χ0v) is 36.2. The van der Waals surface area contributed by atoms with Gasteiger partial charge in [0, 0.05) is 70.1 Å². The number of hydrazine groups is 1. The third-order valence-corrected chi connectivity index (χ3v) is 11.0. The van der Waals surface area contributed by atoms with Crippen molar-refractivity contribution in [2.75, 3.05) is 60.2 Å². The molecule has 0 spiro atoms. The van der Waals surface area contributed by atoms with E-state index in [1.54, 1.807) is 19.1 Å². The van der Waals surface area contributed by atoms with Crippen molar-refractivity contribution in [1.82, 2.24) is 30.5 Å². The Kier molecular flexibility index (Phi) is 18.8. The second-order valence-electron chi connectivity index (χ2n) is 15.5. The molecule has 15 nitrogen and oxygen atoms in total. The number of nitrogens with zero attached hydrogens (tertiary/aromatic N) is 3. The normalized spacial score (nSPS) is 12.4. The standard InChI is InChI=1S/C46H61BN6O9/c1-51(52(2)46(59)62-32-39-37-15-8-6-13-35(37)36-14-7-9-16-38(36)39)31-34-30-33-12-5-10-17-41(33)53(34)25-21-43(55)50-40(19-20-44(56)57)45(58)49-24-27-61-29-28-60-26-23-48-42(54)18-4-3-11-22-47/h5-10,12-17,30,39-40H,3-4,11,18-29,31-32,47H2,1-2H3,(H,48,54)(H,49,58)(H,50,55)(H,56,57)/t40-/m0/s1. The SMILES string of the molecule is BCCCCCC(=O)NCCOCCOCCNC(=O)[C@H](CCC(=O)O)NC(=O)CCn1c(CN(C)N(C)C(=O)OCC2c3ccccc3-c3ccccc32)cc2ccccc21. The lowest BCUT2D eigenvalue weighted by Gasteiger charge is -2.28. The predicted octanol–water partition coefficient (Wildman–Crippen LogP) is 4.49. The van der Waals surface area contributed by atoms with Gasteiger partial charge >= 0.3 is 12.1 Å². The summed E-state index contributed by atoms with van der Waals surface area (Å²) in [5, 5.41) is 21.8. The van der Waals surface area contributed by atoms with Crippen LogP contribution in [0.3, 0.4) is 0 Å². The second kappa shape index (κ2) is 24.7. The molecule has 0 saturated heterocycles. The van der Waals surface area contributed by atoms with E-state index in [4.69, 9.17) is 14.2 Å². The van der Waals surface area contributed by atoms with Crippen LogP contribution in [0.2, 0.25) is 6.32 Å². The smallest absolute Gasteiger partial charge is 0.424 e. The maximum Gasteiger partial charge on any atom is 0.424 e. The minimum Gasteiger partial charge on any atom is -0.481 e. The van der Waals surface area contributed by atoms with Gasteiger partial charge in [0.05, 0.1) is 33.0 Å². The van der Waals surface area contributed by atoms with Gasteiger partial charge in [-0.1, -0.05) is 85.9 Å². The zero-order chi connectivity index (χ0) is 44.3. The number of carboxylic acids is 1. The van der Waals surface area contributed by atoms with E-state index < -0.39 is 29.9 Å². The van der Waals surface area contributed by atoms with Crippen LogP contribution >= 0.6 is 0 Å². The average molecular weight is 853 g/mol. The molecule has 4 aromatic rings. The number of carbonyl (C=O) groups is 5. The van der Waals surface area contributed by atoms with Gasteiger partial charge in [0.1, 0.15) is 20.5 Å². The highest BCUT2D eigenvalue weighted by molar-refractivity contribution is 6.08. The largest absolute Gasteiger partial charge is 0.481 e. The molecule has 0 radical (unpaired) electrons. The van der Waals surface area contributed by atoms with Crippen LogP contribution in [-0.2, 0) is 46.5 Å². The molecule has 1 aromatic heterocycles. The zero-order valence-electron chi connectivity index (χ0n) is 36.2. The first-order chi connectivity index (χ1) is 30.1. The highest BCUT2D eigenvalue weighted by Gasteiger charge is 2.30. The van der Waals surface area contributed by atoms with Crippen molar-refractivity contribution in [3.8, 4) is 11.1 Å². The van der Waals surface area contributed by atoms with E-state index in [1.807, 2.05) is 59.2 Å². The minimum absolute atomic E-state index is 0.0141. The van der Waals surface area contributed by atoms with E-state index in [2.05, 4.69) is 48.1 Å². The monoisotopic (exact) mass is 852 g/mol. The van der Waals surface area contributed by atoms with Crippen molar-refractivity contribution in [2.45, 2.75) is 76.3 Å². The van der Waals surface area contributed by atoms with Gasteiger partial charge in [0.2, 0.25) is 17.7 Å². The number of amides is 4. The Morgan fingerprint density at radius 1 is 0.774 bits per heavy atom. The first kappa shape index (κ1) is 47.3. The predicted molar refractivity (Wildman–Crippen MR) is 239 cm³/mol. The number of hydrogen-bond acceptors (Lipinski definition) is 9. The molecule has 3 aromatic carbocycles. The topological polar surface area (TPSA) is 181 Å². The van der Waals surface area contributed by atoms with Crippen molar-refractivity contribution in [2.24, 2.45) is 0 Å². The van der Waals surface area contributed by atoms with Crippen LogP contribution in [-0.4, -0.2) is 124 Å². The van der Waals surface area contributed by atoms with E-state index >= 15 is 0 Å². The number of aromatic nitrogens is 1. The number of benzene rings is 3. The molecule has 0 unspecified atom stereocenters. The van der Waals surface area contributed by atoms with Gasteiger partial charge in [-0.05, 0) is 52.6 Å². The van der Waals surface area contributed by atoms with Gasteiger partial charge < -0.3 is 39.8 Å². The lowest BCUT2D eigenvalue weighted by atomic mass is 9.98. The first-order valence-electron chi connectivity index (χ1n) is 21.6. The molecule has 62 heavy (non-hydrogen) atoms. The highest BCUT2D eigenvalue weighted by atomic mass is 16.6. The van der Waals surface area contributed by atoms with Gasteiger partial charge in [-0.25, -0.2) is 14.8 Å². The summed E-state index contributed by atoms with van der Waals surface area (Å²) >= 11 is 0. The molecule has 1 atom stereocenters. The lowest BCUT2D eigenvalue weighted by Crippen LogP contribution is -2.47. The van der Waals surface area contributed by atoms with Crippen LogP contribution in [0.15, 0.2) is 78.9 Å². The minimum atomic E-state index is -1.08. The molecule has 1 aliphatic rings. The molecule has 4 amide bonds. The number of para-hydroxylation sites is 1. The first-order valence-corrected chi connectivity index (χ1v) is 21.6.